The van der Waals surface area contributed by atoms with Gasteiger partial charge in [-0.25, -0.2) is 0 Å². The van der Waals surface area contributed by atoms with Gasteiger partial charge in [0, 0.05) is 23.4 Å². The van der Waals surface area contributed by atoms with Crippen LogP contribution in [0.25, 0.3) is 0 Å². The standard InChI is InChI=1S/C16H17BrN2O2/c1-11-7-15(12(2)6-14(11)17)21-10-16(20)19-9-13-4-3-5-18-8-13/h3-8H,9-10H2,1-2H3,(H,19,20). The SMILES string of the molecule is Cc1cc(OCC(=O)NCc2cccnc2)c(C)cc1Br. The summed E-state index contributed by atoms with van der Waals surface area (Å²) in [5, 5.41) is 2.80. The molecule has 0 bridgehead atoms. The van der Waals surface area contributed by atoms with Gasteiger partial charge in [-0.05, 0) is 48.7 Å². The molecular formula is C16H17BrN2O2. The third-order valence-corrected chi connectivity index (χ3v) is 3.88. The Hall–Kier alpha value is -1.88. The van der Waals surface area contributed by atoms with E-state index in [1.807, 2.05) is 38.1 Å². The Kier molecular flexibility index (Phi) is 5.33. The topological polar surface area (TPSA) is 51.2 Å². The zero-order valence-electron chi connectivity index (χ0n) is 12.0. The van der Waals surface area contributed by atoms with Gasteiger partial charge in [0.25, 0.3) is 5.91 Å². The van der Waals surface area contributed by atoms with Crippen LogP contribution in [0.4, 0.5) is 0 Å². The van der Waals surface area contributed by atoms with Crippen LogP contribution in [0.1, 0.15) is 16.7 Å². The number of carbonyl (C=O) groups is 1. The molecule has 2 aromatic rings. The molecule has 5 heteroatoms. The number of hydrogen-bond donors (Lipinski definition) is 1. The maximum Gasteiger partial charge on any atom is 0.258 e. The number of halogens is 1. The fourth-order valence-electron chi connectivity index (χ4n) is 1.81. The highest BCUT2D eigenvalue weighted by Gasteiger charge is 2.07. The average molecular weight is 349 g/mol. The number of nitrogens with zero attached hydrogens (tertiary/aromatic N) is 1. The number of ether oxygens (including phenoxy) is 1. The zero-order chi connectivity index (χ0) is 15.2. The molecular weight excluding hydrogens is 332 g/mol. The minimum absolute atomic E-state index is 0.00216. The molecule has 2 rings (SSSR count). The lowest BCUT2D eigenvalue weighted by molar-refractivity contribution is -0.123. The van der Waals surface area contributed by atoms with Crippen LogP contribution >= 0.6 is 15.9 Å². The van der Waals surface area contributed by atoms with Crippen LogP contribution in [0.15, 0.2) is 41.1 Å². The Balaban J connectivity index is 1.85. The Morgan fingerprint density at radius 1 is 1.33 bits per heavy atom. The van der Waals surface area contributed by atoms with E-state index in [9.17, 15) is 4.79 Å². The highest BCUT2D eigenvalue weighted by molar-refractivity contribution is 9.10. The van der Waals surface area contributed by atoms with E-state index >= 15 is 0 Å². The monoisotopic (exact) mass is 348 g/mol. The highest BCUT2D eigenvalue weighted by Crippen LogP contribution is 2.26. The molecule has 0 saturated carbocycles. The van der Waals surface area contributed by atoms with Crippen LogP contribution in [-0.2, 0) is 11.3 Å². The number of rotatable bonds is 5. The molecule has 1 N–H and O–H groups in total. The molecule has 0 fully saturated rings. The summed E-state index contributed by atoms with van der Waals surface area (Å²) in [6.45, 7) is 4.39. The van der Waals surface area contributed by atoms with Gasteiger partial charge in [-0.2, -0.15) is 0 Å². The summed E-state index contributed by atoms with van der Waals surface area (Å²) in [6.07, 6.45) is 3.43. The minimum Gasteiger partial charge on any atom is -0.483 e. The quantitative estimate of drug-likeness (QED) is 0.902. The van der Waals surface area contributed by atoms with Crippen molar-refractivity contribution in [1.29, 1.82) is 0 Å². The third-order valence-electron chi connectivity index (χ3n) is 3.03. The van der Waals surface area contributed by atoms with Gasteiger partial charge in [-0.15, -0.1) is 0 Å². The summed E-state index contributed by atoms with van der Waals surface area (Å²) in [5.74, 6) is 0.575. The van der Waals surface area contributed by atoms with E-state index in [1.54, 1.807) is 12.4 Å². The number of pyridine rings is 1. The van der Waals surface area contributed by atoms with Crippen LogP contribution in [0.5, 0.6) is 5.75 Å². The van der Waals surface area contributed by atoms with Crippen molar-refractivity contribution in [2.45, 2.75) is 20.4 Å². The summed E-state index contributed by atoms with van der Waals surface area (Å²) >= 11 is 3.47. The molecule has 1 amide bonds. The lowest BCUT2D eigenvalue weighted by Crippen LogP contribution is -2.28. The molecule has 4 nitrogen and oxygen atoms in total. The van der Waals surface area contributed by atoms with Crippen molar-refractivity contribution < 1.29 is 9.53 Å². The van der Waals surface area contributed by atoms with Gasteiger partial charge in [0.1, 0.15) is 5.75 Å². The van der Waals surface area contributed by atoms with Gasteiger partial charge >= 0.3 is 0 Å². The summed E-state index contributed by atoms with van der Waals surface area (Å²) in [5.41, 5.74) is 3.03. The Labute approximate surface area is 132 Å². The van der Waals surface area contributed by atoms with Gasteiger partial charge in [0.2, 0.25) is 0 Å². The van der Waals surface area contributed by atoms with Crippen molar-refractivity contribution in [2.75, 3.05) is 6.61 Å². The van der Waals surface area contributed by atoms with Crippen LogP contribution in [0.3, 0.4) is 0 Å². The van der Waals surface area contributed by atoms with E-state index in [0.717, 1.165) is 26.9 Å². The molecule has 1 heterocycles. The normalized spacial score (nSPS) is 10.2. The van der Waals surface area contributed by atoms with Crippen molar-refractivity contribution in [3.63, 3.8) is 0 Å². The van der Waals surface area contributed by atoms with Crippen molar-refractivity contribution >= 4 is 21.8 Å². The lowest BCUT2D eigenvalue weighted by Gasteiger charge is -2.11. The molecule has 0 spiro atoms. The first-order chi connectivity index (χ1) is 10.1. The number of aryl methyl sites for hydroxylation is 2. The minimum atomic E-state index is -0.154. The van der Waals surface area contributed by atoms with Gasteiger partial charge in [-0.1, -0.05) is 22.0 Å². The molecule has 1 aromatic heterocycles. The third kappa shape index (κ3) is 4.56. The van der Waals surface area contributed by atoms with Crippen molar-refractivity contribution in [3.8, 4) is 5.75 Å². The number of amides is 1. The number of benzene rings is 1. The van der Waals surface area contributed by atoms with E-state index in [2.05, 4.69) is 26.2 Å². The van der Waals surface area contributed by atoms with Crippen molar-refractivity contribution in [3.05, 3.63) is 57.8 Å². The Bertz CT molecular complexity index is 630. The Morgan fingerprint density at radius 2 is 2.14 bits per heavy atom. The molecule has 21 heavy (non-hydrogen) atoms. The summed E-state index contributed by atoms with van der Waals surface area (Å²) in [6, 6.07) is 7.66. The molecule has 110 valence electrons. The molecule has 0 radical (unpaired) electrons. The second-order valence-electron chi connectivity index (χ2n) is 4.79. The predicted molar refractivity (Wildman–Crippen MR) is 85.2 cm³/mol. The van der Waals surface area contributed by atoms with Gasteiger partial charge in [-0.3, -0.25) is 9.78 Å². The molecule has 0 aliphatic heterocycles. The van der Waals surface area contributed by atoms with Crippen LogP contribution in [0, 0.1) is 13.8 Å². The second kappa shape index (κ2) is 7.22. The molecule has 1 aromatic carbocycles. The van der Waals surface area contributed by atoms with Crippen molar-refractivity contribution in [2.24, 2.45) is 0 Å². The second-order valence-corrected chi connectivity index (χ2v) is 5.65. The lowest BCUT2D eigenvalue weighted by atomic mass is 10.1. The fourth-order valence-corrected chi connectivity index (χ4v) is 2.27. The van der Waals surface area contributed by atoms with Gasteiger partial charge in [0.05, 0.1) is 0 Å². The Morgan fingerprint density at radius 3 is 2.86 bits per heavy atom. The average Bonchev–Trinajstić information content (AvgIpc) is 2.48. The number of aromatic nitrogens is 1. The fraction of sp³-hybridized carbons (Fsp3) is 0.250. The maximum atomic E-state index is 11.8. The van der Waals surface area contributed by atoms with E-state index < -0.39 is 0 Å². The summed E-state index contributed by atoms with van der Waals surface area (Å²) in [7, 11) is 0. The number of hydrogen-bond acceptors (Lipinski definition) is 3. The summed E-state index contributed by atoms with van der Waals surface area (Å²) < 4.78 is 6.61. The number of carbonyl (C=O) groups excluding carboxylic acids is 1. The molecule has 0 aliphatic carbocycles. The molecule has 0 saturated heterocycles. The largest absolute Gasteiger partial charge is 0.483 e. The summed E-state index contributed by atoms with van der Waals surface area (Å²) in [4.78, 5) is 15.8. The van der Waals surface area contributed by atoms with E-state index in [-0.39, 0.29) is 12.5 Å². The van der Waals surface area contributed by atoms with Crippen LogP contribution in [0.2, 0.25) is 0 Å². The predicted octanol–water partition coefficient (Wildman–Crippen LogP) is 3.16. The molecule has 0 unspecified atom stereocenters. The maximum absolute atomic E-state index is 11.8. The first-order valence-electron chi connectivity index (χ1n) is 6.61. The van der Waals surface area contributed by atoms with Gasteiger partial charge < -0.3 is 10.1 Å². The van der Waals surface area contributed by atoms with Crippen molar-refractivity contribution in [1.82, 2.24) is 10.3 Å². The zero-order valence-corrected chi connectivity index (χ0v) is 13.6. The first kappa shape index (κ1) is 15.5. The van der Waals surface area contributed by atoms with E-state index in [1.165, 1.54) is 0 Å². The van der Waals surface area contributed by atoms with E-state index in [4.69, 9.17) is 4.74 Å². The first-order valence-corrected chi connectivity index (χ1v) is 7.40. The van der Waals surface area contributed by atoms with Crippen LogP contribution in [-0.4, -0.2) is 17.5 Å². The molecule has 0 atom stereocenters. The smallest absolute Gasteiger partial charge is 0.258 e. The highest BCUT2D eigenvalue weighted by atomic mass is 79.9. The van der Waals surface area contributed by atoms with Crippen LogP contribution < -0.4 is 10.1 Å². The molecule has 0 aliphatic rings. The van der Waals surface area contributed by atoms with Gasteiger partial charge in [0.15, 0.2) is 6.61 Å². The van der Waals surface area contributed by atoms with E-state index in [0.29, 0.717) is 6.54 Å². The number of nitrogens with one attached hydrogen (secondary N) is 1.